The van der Waals surface area contributed by atoms with Crippen molar-refractivity contribution in [2.45, 2.75) is 11.1 Å². The third-order valence-electron chi connectivity index (χ3n) is 1.82. The highest BCUT2D eigenvalue weighted by Gasteiger charge is 2.36. The Bertz CT molecular complexity index is 428. The van der Waals surface area contributed by atoms with Gasteiger partial charge in [-0.3, -0.25) is 0 Å². The molecule has 0 bridgehead atoms. The molecular formula is C9H6F4O2S. The number of hydrogen-bond acceptors (Lipinski definition) is 2. The van der Waals surface area contributed by atoms with Crippen molar-refractivity contribution in [3.8, 4) is 0 Å². The lowest BCUT2D eigenvalue weighted by Crippen LogP contribution is -2.12. The Morgan fingerprint density at radius 3 is 2.31 bits per heavy atom. The van der Waals surface area contributed by atoms with Gasteiger partial charge in [-0.05, 0) is 18.4 Å². The number of rotatable bonds is 2. The van der Waals surface area contributed by atoms with Gasteiger partial charge in [0.25, 0.3) is 0 Å². The molecule has 7 heteroatoms. The van der Waals surface area contributed by atoms with Gasteiger partial charge in [0.2, 0.25) is 0 Å². The number of aromatic carboxylic acids is 1. The van der Waals surface area contributed by atoms with Gasteiger partial charge in [-0.2, -0.15) is 13.2 Å². The molecule has 1 aromatic carbocycles. The van der Waals surface area contributed by atoms with E-state index in [2.05, 4.69) is 0 Å². The third kappa shape index (κ3) is 2.46. The molecular weight excluding hydrogens is 248 g/mol. The van der Waals surface area contributed by atoms with Crippen LogP contribution in [-0.4, -0.2) is 17.3 Å². The molecule has 0 aliphatic rings. The summed E-state index contributed by atoms with van der Waals surface area (Å²) in [4.78, 5) is 10.6. The van der Waals surface area contributed by atoms with Crippen molar-refractivity contribution < 1.29 is 27.5 Å². The predicted octanol–water partition coefficient (Wildman–Crippen LogP) is 3.26. The summed E-state index contributed by atoms with van der Waals surface area (Å²) in [5.41, 5.74) is -2.53. The number of alkyl halides is 3. The Labute approximate surface area is 92.3 Å². The van der Waals surface area contributed by atoms with Crippen LogP contribution in [0.3, 0.4) is 0 Å². The number of hydrogen-bond donors (Lipinski definition) is 1. The molecule has 0 aliphatic heterocycles. The quantitative estimate of drug-likeness (QED) is 0.650. The van der Waals surface area contributed by atoms with Crippen molar-refractivity contribution in [1.82, 2.24) is 0 Å². The fourth-order valence-corrected chi connectivity index (χ4v) is 1.55. The van der Waals surface area contributed by atoms with Crippen LogP contribution in [0.4, 0.5) is 17.6 Å². The Hall–Kier alpha value is -1.24. The van der Waals surface area contributed by atoms with Crippen LogP contribution in [0.5, 0.6) is 0 Å². The van der Waals surface area contributed by atoms with Gasteiger partial charge < -0.3 is 5.11 Å². The Kier molecular flexibility index (Phi) is 3.47. The van der Waals surface area contributed by atoms with Crippen molar-refractivity contribution >= 4 is 17.7 Å². The summed E-state index contributed by atoms with van der Waals surface area (Å²) in [6.45, 7) is 0. The molecule has 0 aromatic heterocycles. The molecule has 0 radical (unpaired) electrons. The van der Waals surface area contributed by atoms with Crippen LogP contribution in [0.1, 0.15) is 15.9 Å². The van der Waals surface area contributed by atoms with Crippen molar-refractivity contribution in [3.63, 3.8) is 0 Å². The van der Waals surface area contributed by atoms with E-state index in [1.54, 1.807) is 0 Å². The molecule has 0 unspecified atom stereocenters. The van der Waals surface area contributed by atoms with Crippen molar-refractivity contribution in [2.75, 3.05) is 6.26 Å². The number of carboxylic acid groups (broad SMARTS) is 1. The SMILES string of the molecule is CSc1cc(C(=O)O)c(F)c(C(F)(F)F)c1. The van der Waals surface area contributed by atoms with Gasteiger partial charge in [-0.15, -0.1) is 11.8 Å². The average molecular weight is 254 g/mol. The van der Waals surface area contributed by atoms with E-state index in [0.717, 1.165) is 17.8 Å². The minimum atomic E-state index is -4.90. The van der Waals surface area contributed by atoms with Gasteiger partial charge in [-0.25, -0.2) is 9.18 Å². The summed E-state index contributed by atoms with van der Waals surface area (Å²) in [7, 11) is 0. The lowest BCUT2D eigenvalue weighted by atomic mass is 10.1. The first-order valence-electron chi connectivity index (χ1n) is 3.95. The van der Waals surface area contributed by atoms with Crippen LogP contribution < -0.4 is 0 Å². The van der Waals surface area contributed by atoms with E-state index in [1.165, 1.54) is 6.26 Å². The highest BCUT2D eigenvalue weighted by atomic mass is 32.2. The van der Waals surface area contributed by atoms with Crippen molar-refractivity contribution in [1.29, 1.82) is 0 Å². The molecule has 1 N–H and O–H groups in total. The van der Waals surface area contributed by atoms with Crippen LogP contribution in [0.25, 0.3) is 0 Å². The summed E-state index contributed by atoms with van der Waals surface area (Å²) < 4.78 is 50.3. The molecule has 2 nitrogen and oxygen atoms in total. The van der Waals surface area contributed by atoms with Gasteiger partial charge in [0.05, 0.1) is 11.1 Å². The topological polar surface area (TPSA) is 37.3 Å². The Morgan fingerprint density at radius 2 is 1.94 bits per heavy atom. The maximum Gasteiger partial charge on any atom is 0.419 e. The number of halogens is 4. The second-order valence-corrected chi connectivity index (χ2v) is 3.72. The lowest BCUT2D eigenvalue weighted by molar-refractivity contribution is -0.140. The van der Waals surface area contributed by atoms with Crippen LogP contribution in [0, 0.1) is 5.82 Å². The van der Waals surface area contributed by atoms with E-state index in [4.69, 9.17) is 5.11 Å². The first kappa shape index (κ1) is 12.8. The van der Waals surface area contributed by atoms with Crippen LogP contribution >= 0.6 is 11.8 Å². The van der Waals surface area contributed by atoms with Crippen LogP contribution in [0.2, 0.25) is 0 Å². The molecule has 0 atom stereocenters. The zero-order valence-electron chi connectivity index (χ0n) is 7.93. The zero-order valence-corrected chi connectivity index (χ0v) is 8.75. The van der Waals surface area contributed by atoms with Crippen molar-refractivity contribution in [2.24, 2.45) is 0 Å². The van der Waals surface area contributed by atoms with Crippen molar-refractivity contribution in [3.05, 3.63) is 29.1 Å². The normalized spacial score (nSPS) is 11.6. The molecule has 88 valence electrons. The number of benzene rings is 1. The average Bonchev–Trinajstić information content (AvgIpc) is 2.15. The van der Waals surface area contributed by atoms with E-state index in [-0.39, 0.29) is 4.90 Å². The zero-order chi connectivity index (χ0) is 12.5. The molecule has 1 aromatic rings. The third-order valence-corrected chi connectivity index (χ3v) is 2.52. The molecule has 0 saturated carbocycles. The van der Waals surface area contributed by atoms with Gasteiger partial charge in [-0.1, -0.05) is 0 Å². The smallest absolute Gasteiger partial charge is 0.419 e. The fourth-order valence-electron chi connectivity index (χ4n) is 1.08. The maximum atomic E-state index is 13.2. The molecule has 16 heavy (non-hydrogen) atoms. The highest BCUT2D eigenvalue weighted by molar-refractivity contribution is 7.98. The molecule has 0 fully saturated rings. The first-order chi connectivity index (χ1) is 7.27. The fraction of sp³-hybridized carbons (Fsp3) is 0.222. The predicted molar refractivity (Wildman–Crippen MR) is 50.1 cm³/mol. The van der Waals surface area contributed by atoms with E-state index in [0.29, 0.717) is 6.07 Å². The van der Waals surface area contributed by atoms with Gasteiger partial charge >= 0.3 is 12.1 Å². The summed E-state index contributed by atoms with van der Waals surface area (Å²) >= 11 is 0.909. The van der Waals surface area contributed by atoms with Gasteiger partial charge in [0.1, 0.15) is 5.82 Å². The minimum Gasteiger partial charge on any atom is -0.478 e. The summed E-state index contributed by atoms with van der Waals surface area (Å²) in [5.74, 6) is -3.48. The molecule has 0 heterocycles. The molecule has 0 saturated heterocycles. The second-order valence-electron chi connectivity index (χ2n) is 2.84. The minimum absolute atomic E-state index is 0.0473. The summed E-state index contributed by atoms with van der Waals surface area (Å²) in [6.07, 6.45) is -3.43. The first-order valence-corrected chi connectivity index (χ1v) is 5.18. The standard InChI is InChI=1S/C9H6F4O2S/c1-16-4-2-5(8(14)15)7(10)6(3-4)9(11,12)13/h2-3H,1H3,(H,14,15). The molecule has 1 rings (SSSR count). The van der Waals surface area contributed by atoms with E-state index >= 15 is 0 Å². The summed E-state index contributed by atoms with van der Waals surface area (Å²) in [5, 5.41) is 8.56. The Morgan fingerprint density at radius 1 is 1.38 bits per heavy atom. The number of carboxylic acids is 1. The molecule has 0 aliphatic carbocycles. The highest BCUT2D eigenvalue weighted by Crippen LogP contribution is 2.35. The number of thioether (sulfide) groups is 1. The molecule has 0 spiro atoms. The van der Waals surface area contributed by atoms with E-state index in [9.17, 15) is 22.4 Å². The summed E-state index contributed by atoms with van der Waals surface area (Å²) in [6, 6.07) is 1.46. The maximum absolute atomic E-state index is 13.2. The van der Waals surface area contributed by atoms with Gasteiger partial charge in [0, 0.05) is 4.90 Å². The molecule has 0 amide bonds. The van der Waals surface area contributed by atoms with Crippen LogP contribution in [0.15, 0.2) is 17.0 Å². The van der Waals surface area contributed by atoms with E-state index in [1.807, 2.05) is 0 Å². The van der Waals surface area contributed by atoms with Crippen LogP contribution in [-0.2, 0) is 6.18 Å². The largest absolute Gasteiger partial charge is 0.478 e. The lowest BCUT2D eigenvalue weighted by Gasteiger charge is -2.11. The number of carbonyl (C=O) groups is 1. The second kappa shape index (κ2) is 4.32. The Balaban J connectivity index is 3.50. The van der Waals surface area contributed by atoms with Gasteiger partial charge in [0.15, 0.2) is 0 Å². The van der Waals surface area contributed by atoms with E-state index < -0.39 is 29.1 Å². The monoisotopic (exact) mass is 254 g/mol.